The van der Waals surface area contributed by atoms with Gasteiger partial charge in [-0.15, -0.1) is 0 Å². The van der Waals surface area contributed by atoms with E-state index >= 15 is 0 Å². The van der Waals surface area contributed by atoms with Crippen molar-refractivity contribution in [1.29, 1.82) is 0 Å². The fourth-order valence-electron chi connectivity index (χ4n) is 2.58. The second-order valence-corrected chi connectivity index (χ2v) is 7.89. The van der Waals surface area contributed by atoms with Crippen LogP contribution in [0.3, 0.4) is 0 Å². The van der Waals surface area contributed by atoms with E-state index in [1.807, 2.05) is 0 Å². The van der Waals surface area contributed by atoms with E-state index in [2.05, 4.69) is 5.32 Å². The summed E-state index contributed by atoms with van der Waals surface area (Å²) in [5, 5.41) is 12.4. The molecule has 1 fully saturated rings. The minimum absolute atomic E-state index is 0.305. The van der Waals surface area contributed by atoms with Crippen molar-refractivity contribution in [1.82, 2.24) is 0 Å². The van der Waals surface area contributed by atoms with Crippen LogP contribution in [0, 0.1) is 15.9 Å². The number of amides is 1. The van der Waals surface area contributed by atoms with Crippen LogP contribution in [0.15, 0.2) is 18.2 Å². The molecule has 0 atom stereocenters. The molecule has 1 aliphatic rings. The van der Waals surface area contributed by atoms with Crippen LogP contribution in [0.25, 0.3) is 0 Å². The predicted octanol–water partition coefficient (Wildman–Crippen LogP) is 2.42. The monoisotopic (exact) mass is 344 g/mol. The Morgan fingerprint density at radius 3 is 2.61 bits per heavy atom. The zero-order valence-corrected chi connectivity index (χ0v) is 13.1. The van der Waals surface area contributed by atoms with Crippen LogP contribution in [0.1, 0.15) is 32.1 Å². The Morgan fingerprint density at radius 1 is 1.35 bits per heavy atom. The van der Waals surface area contributed by atoms with Crippen molar-refractivity contribution >= 4 is 27.1 Å². The van der Waals surface area contributed by atoms with Gasteiger partial charge >= 0.3 is 0 Å². The van der Waals surface area contributed by atoms with Gasteiger partial charge in [0.25, 0.3) is 5.69 Å². The quantitative estimate of drug-likeness (QED) is 0.630. The number of rotatable bonds is 6. The molecule has 9 heteroatoms. The van der Waals surface area contributed by atoms with Crippen molar-refractivity contribution < 1.29 is 22.5 Å². The fourth-order valence-corrected chi connectivity index (χ4v) is 4.44. The Bertz CT molecular complexity index is 714. The van der Waals surface area contributed by atoms with Crippen molar-refractivity contribution in [3.05, 3.63) is 34.1 Å². The number of nitrogens with one attached hydrogen (secondary N) is 1. The maximum Gasteiger partial charge on any atom is 0.271 e. The minimum atomic E-state index is -3.34. The highest BCUT2D eigenvalue weighted by molar-refractivity contribution is 7.92. The number of hydrogen-bond donors (Lipinski definition) is 1. The summed E-state index contributed by atoms with van der Waals surface area (Å²) in [6.45, 7) is 0. The van der Waals surface area contributed by atoms with Gasteiger partial charge in [0.05, 0.1) is 21.6 Å². The van der Waals surface area contributed by atoms with Crippen LogP contribution in [0.5, 0.6) is 0 Å². The lowest BCUT2D eigenvalue weighted by Crippen LogP contribution is -2.24. The van der Waals surface area contributed by atoms with Gasteiger partial charge in [0.15, 0.2) is 9.84 Å². The Morgan fingerprint density at radius 2 is 2.00 bits per heavy atom. The first-order valence-electron chi connectivity index (χ1n) is 7.25. The van der Waals surface area contributed by atoms with Crippen LogP contribution in [0.2, 0.25) is 0 Å². The largest absolute Gasteiger partial charge is 0.323 e. The van der Waals surface area contributed by atoms with Crippen LogP contribution < -0.4 is 5.32 Å². The van der Waals surface area contributed by atoms with Gasteiger partial charge < -0.3 is 5.32 Å². The summed E-state index contributed by atoms with van der Waals surface area (Å²) in [5.41, 5.74) is -0.692. The number of anilines is 1. The predicted molar refractivity (Wildman–Crippen MR) is 82.3 cm³/mol. The first-order valence-corrected chi connectivity index (χ1v) is 8.96. The number of nitro groups is 1. The number of carbonyl (C=O) groups is 1. The third-order valence-corrected chi connectivity index (χ3v) is 6.12. The van der Waals surface area contributed by atoms with E-state index in [1.54, 1.807) is 0 Å². The first-order chi connectivity index (χ1) is 10.8. The second kappa shape index (κ2) is 7.03. The van der Waals surface area contributed by atoms with Crippen LogP contribution >= 0.6 is 0 Å². The summed E-state index contributed by atoms with van der Waals surface area (Å²) in [6.07, 6.45) is 2.66. The maximum absolute atomic E-state index is 13.6. The summed E-state index contributed by atoms with van der Waals surface area (Å²) in [7, 11) is -3.34. The van der Waals surface area contributed by atoms with Gasteiger partial charge in [-0.25, -0.2) is 12.8 Å². The molecule has 0 aliphatic heterocycles. The summed E-state index contributed by atoms with van der Waals surface area (Å²) >= 11 is 0. The number of carbonyl (C=O) groups excluding carboxylic acids is 1. The van der Waals surface area contributed by atoms with Gasteiger partial charge in [0.2, 0.25) is 5.91 Å². The van der Waals surface area contributed by atoms with E-state index in [-0.39, 0.29) is 23.5 Å². The molecule has 1 amide bonds. The number of nitrogens with zero attached hydrogens (tertiary/aromatic N) is 1. The van der Waals surface area contributed by atoms with E-state index in [4.69, 9.17) is 0 Å². The van der Waals surface area contributed by atoms with Crippen LogP contribution in [0.4, 0.5) is 15.8 Å². The molecule has 0 radical (unpaired) electrons. The second-order valence-electron chi connectivity index (χ2n) is 5.49. The maximum atomic E-state index is 13.6. The average molecular weight is 344 g/mol. The molecular formula is C14H17FN2O5S. The van der Waals surface area contributed by atoms with Crippen LogP contribution in [-0.2, 0) is 14.6 Å². The van der Waals surface area contributed by atoms with E-state index in [1.165, 1.54) is 0 Å². The number of nitro benzene ring substituents is 1. The Hall–Kier alpha value is -2.03. The summed E-state index contributed by atoms with van der Waals surface area (Å²) in [6, 6.07) is 2.76. The zero-order chi connectivity index (χ0) is 17.0. The number of non-ortho nitro benzene ring substituents is 1. The highest BCUT2D eigenvalue weighted by Gasteiger charge is 2.29. The molecule has 0 heterocycles. The molecule has 126 valence electrons. The lowest BCUT2D eigenvalue weighted by molar-refractivity contribution is -0.384. The SMILES string of the molecule is O=C(CCS(=O)(=O)C1CCCC1)Nc1cc([N+](=O)[O-])ccc1F. The van der Waals surface area contributed by atoms with Crippen molar-refractivity contribution in [2.24, 2.45) is 0 Å². The molecule has 7 nitrogen and oxygen atoms in total. The van der Waals surface area contributed by atoms with Gasteiger partial charge in [-0.1, -0.05) is 12.8 Å². The molecule has 0 aromatic heterocycles. The molecule has 0 unspecified atom stereocenters. The minimum Gasteiger partial charge on any atom is -0.323 e. The number of hydrogen-bond acceptors (Lipinski definition) is 5. The molecule has 1 aromatic carbocycles. The van der Waals surface area contributed by atoms with E-state index in [0.29, 0.717) is 12.8 Å². The molecule has 0 bridgehead atoms. The molecule has 1 aromatic rings. The summed E-state index contributed by atoms with van der Waals surface area (Å²) in [5.74, 6) is -1.81. The van der Waals surface area contributed by atoms with Crippen molar-refractivity contribution in [3.63, 3.8) is 0 Å². The van der Waals surface area contributed by atoms with Crippen molar-refractivity contribution in [2.45, 2.75) is 37.4 Å². The Kier molecular flexibility index (Phi) is 5.30. The Balaban J connectivity index is 1.97. The highest BCUT2D eigenvalue weighted by atomic mass is 32.2. The normalized spacial score (nSPS) is 15.5. The van der Waals surface area contributed by atoms with Gasteiger partial charge in [-0.05, 0) is 18.9 Å². The molecule has 23 heavy (non-hydrogen) atoms. The van der Waals surface area contributed by atoms with Crippen molar-refractivity contribution in [3.8, 4) is 0 Å². The van der Waals surface area contributed by atoms with Gasteiger partial charge in [0, 0.05) is 18.6 Å². The molecule has 1 saturated carbocycles. The average Bonchev–Trinajstić information content (AvgIpc) is 3.02. The lowest BCUT2D eigenvalue weighted by Gasteiger charge is -2.11. The summed E-state index contributed by atoms with van der Waals surface area (Å²) < 4.78 is 37.7. The topological polar surface area (TPSA) is 106 Å². The summed E-state index contributed by atoms with van der Waals surface area (Å²) in [4.78, 5) is 21.7. The standard InChI is InChI=1S/C14H17FN2O5S/c15-12-6-5-10(17(19)20)9-13(12)16-14(18)7-8-23(21,22)11-3-1-2-4-11/h5-6,9,11H,1-4,7-8H2,(H,16,18). The number of halogens is 1. The molecule has 0 spiro atoms. The van der Waals surface area contributed by atoms with E-state index in [9.17, 15) is 27.7 Å². The molecule has 2 rings (SSSR count). The lowest BCUT2D eigenvalue weighted by atomic mass is 10.2. The van der Waals surface area contributed by atoms with E-state index in [0.717, 1.165) is 31.0 Å². The van der Waals surface area contributed by atoms with Gasteiger partial charge in [0.1, 0.15) is 5.82 Å². The molecule has 0 saturated heterocycles. The number of benzene rings is 1. The fraction of sp³-hybridized carbons (Fsp3) is 0.500. The van der Waals surface area contributed by atoms with E-state index < -0.39 is 31.7 Å². The van der Waals surface area contributed by atoms with Crippen molar-refractivity contribution in [2.75, 3.05) is 11.1 Å². The van der Waals surface area contributed by atoms with Gasteiger partial charge in [-0.3, -0.25) is 14.9 Å². The smallest absolute Gasteiger partial charge is 0.271 e. The van der Waals surface area contributed by atoms with Gasteiger partial charge in [-0.2, -0.15) is 0 Å². The van der Waals surface area contributed by atoms with Crippen LogP contribution in [-0.4, -0.2) is 30.3 Å². The molecule has 1 aliphatic carbocycles. The highest BCUT2D eigenvalue weighted by Crippen LogP contribution is 2.26. The zero-order valence-electron chi connectivity index (χ0n) is 12.3. The molecular weight excluding hydrogens is 327 g/mol. The number of sulfone groups is 1. The third kappa shape index (κ3) is 4.47. The first kappa shape index (κ1) is 17.3. The third-order valence-electron chi connectivity index (χ3n) is 3.86. The molecule has 1 N–H and O–H groups in total. The Labute approximate surface area is 133 Å².